The molecule has 0 bridgehead atoms. The summed E-state index contributed by atoms with van der Waals surface area (Å²) >= 11 is 0. The van der Waals surface area contributed by atoms with Gasteiger partial charge >= 0.3 is 0 Å². The van der Waals surface area contributed by atoms with E-state index in [9.17, 15) is 15.0 Å². The molecular weight excluding hydrogens is 344 g/mol. The van der Waals surface area contributed by atoms with Crippen molar-refractivity contribution in [2.45, 2.75) is 88.9 Å². The first-order chi connectivity index (χ1) is 13.0. The highest BCUT2D eigenvalue weighted by Gasteiger charge is 2.36. The Morgan fingerprint density at radius 2 is 1.96 bits per heavy atom. The first-order valence-corrected chi connectivity index (χ1v) is 10.5. The van der Waals surface area contributed by atoms with Gasteiger partial charge in [-0.3, -0.25) is 9.47 Å². The van der Waals surface area contributed by atoms with E-state index in [0.29, 0.717) is 18.8 Å². The van der Waals surface area contributed by atoms with Crippen LogP contribution in [-0.4, -0.2) is 44.0 Å². The number of hydrogen-bond acceptors (Lipinski definition) is 5. The summed E-state index contributed by atoms with van der Waals surface area (Å²) in [6.07, 6.45) is 12.1. The van der Waals surface area contributed by atoms with Gasteiger partial charge in [0.15, 0.2) is 0 Å². The van der Waals surface area contributed by atoms with Gasteiger partial charge in [0.1, 0.15) is 12.4 Å². The van der Waals surface area contributed by atoms with E-state index in [4.69, 9.17) is 5.84 Å². The maximum Gasteiger partial charge on any atom is 0.220 e. The average molecular weight is 379 g/mol. The number of imidazole rings is 1. The Kier molecular flexibility index (Phi) is 7.13. The third-order valence-electron chi connectivity index (χ3n) is 6.32. The van der Waals surface area contributed by atoms with Gasteiger partial charge in [0.25, 0.3) is 0 Å². The summed E-state index contributed by atoms with van der Waals surface area (Å²) in [6, 6.07) is -0.386. The van der Waals surface area contributed by atoms with Gasteiger partial charge < -0.3 is 21.4 Å². The van der Waals surface area contributed by atoms with Crippen LogP contribution in [0.2, 0.25) is 0 Å². The smallest absolute Gasteiger partial charge is 0.220 e. The van der Waals surface area contributed by atoms with E-state index >= 15 is 0 Å². The molecule has 7 heteroatoms. The average Bonchev–Trinajstić information content (AvgIpc) is 3.03. The molecule has 152 valence electrons. The van der Waals surface area contributed by atoms with Crippen LogP contribution in [0.1, 0.15) is 69.9 Å². The number of nitrogens with one attached hydrogen (secondary N) is 1. The Hall–Kier alpha value is -1.60. The molecule has 1 amide bonds. The molecule has 27 heavy (non-hydrogen) atoms. The molecule has 1 heterocycles. The Balaban J connectivity index is 1.56. The molecule has 2 aliphatic rings. The summed E-state index contributed by atoms with van der Waals surface area (Å²) in [5, 5.41) is 24.3. The number of aromatic nitrogens is 2. The number of nitrogen functional groups attached to an aromatic ring is 1. The Morgan fingerprint density at radius 3 is 2.56 bits per heavy atom. The van der Waals surface area contributed by atoms with Crippen LogP contribution in [0.15, 0.2) is 12.5 Å². The third-order valence-corrected chi connectivity index (χ3v) is 6.32. The molecule has 0 aliphatic heterocycles. The van der Waals surface area contributed by atoms with Crippen molar-refractivity contribution in [2.75, 3.05) is 5.84 Å². The summed E-state index contributed by atoms with van der Waals surface area (Å²) in [5.41, 5.74) is 0.770. The lowest BCUT2D eigenvalue weighted by atomic mass is 9.76. The van der Waals surface area contributed by atoms with Crippen molar-refractivity contribution in [3.63, 3.8) is 0 Å². The van der Waals surface area contributed by atoms with Crippen LogP contribution >= 0.6 is 0 Å². The molecule has 1 aromatic rings. The number of hydrogen-bond donors (Lipinski definition) is 4. The highest BCUT2D eigenvalue weighted by molar-refractivity contribution is 5.76. The zero-order chi connectivity index (χ0) is 19.2. The summed E-state index contributed by atoms with van der Waals surface area (Å²) in [6.45, 7) is 0. The zero-order valence-electron chi connectivity index (χ0n) is 16.1. The van der Waals surface area contributed by atoms with E-state index in [2.05, 4.69) is 10.3 Å². The fraction of sp³-hybridized carbons (Fsp3) is 0.800. The van der Waals surface area contributed by atoms with Crippen LogP contribution < -0.4 is 11.2 Å². The molecule has 0 unspecified atom stereocenters. The van der Waals surface area contributed by atoms with Gasteiger partial charge in [-0.05, 0) is 31.1 Å². The van der Waals surface area contributed by atoms with Crippen molar-refractivity contribution in [1.82, 2.24) is 15.0 Å². The molecular formula is C20H34N4O3. The number of carbonyl (C=O) groups is 1. The van der Waals surface area contributed by atoms with Crippen molar-refractivity contribution in [1.29, 1.82) is 0 Å². The zero-order valence-corrected chi connectivity index (χ0v) is 16.1. The highest BCUT2D eigenvalue weighted by Crippen LogP contribution is 2.33. The van der Waals surface area contributed by atoms with Crippen LogP contribution in [0.25, 0.3) is 0 Å². The molecule has 5 N–H and O–H groups in total. The van der Waals surface area contributed by atoms with Crippen molar-refractivity contribution in [3.8, 4) is 0 Å². The van der Waals surface area contributed by atoms with Crippen LogP contribution in [-0.2, 0) is 11.2 Å². The largest absolute Gasteiger partial charge is 0.390 e. The van der Waals surface area contributed by atoms with Crippen molar-refractivity contribution >= 4 is 5.91 Å². The minimum atomic E-state index is -0.899. The molecule has 7 nitrogen and oxygen atoms in total. The molecule has 2 aliphatic carbocycles. The molecule has 3 atom stereocenters. The number of aliphatic hydroxyl groups excluding tert-OH is 2. The van der Waals surface area contributed by atoms with Gasteiger partial charge in [-0.1, -0.05) is 38.5 Å². The van der Waals surface area contributed by atoms with E-state index in [1.165, 1.54) is 30.3 Å². The minimum Gasteiger partial charge on any atom is -0.390 e. The number of nitrogens with two attached hydrogens (primary N) is 1. The normalized spacial score (nSPS) is 22.0. The monoisotopic (exact) mass is 378 g/mol. The standard InChI is InChI=1S/C20H34N4O3/c21-24-12-16(22-13-24)9-10-18(25)23-17(11-14-5-2-1-3-6-14)20(27)19(26)15-7-4-8-15/h12-15,17,19-20,26-27H,1-11,21H2,(H,23,25)/t17-,19-,20+/m0/s1. The fourth-order valence-corrected chi connectivity index (χ4v) is 4.39. The third kappa shape index (κ3) is 5.69. The van der Waals surface area contributed by atoms with E-state index in [-0.39, 0.29) is 17.9 Å². The van der Waals surface area contributed by atoms with Crippen molar-refractivity contribution < 1.29 is 15.0 Å². The second-order valence-corrected chi connectivity index (χ2v) is 8.40. The van der Waals surface area contributed by atoms with E-state index in [1.54, 1.807) is 6.20 Å². The summed E-state index contributed by atoms with van der Waals surface area (Å²) in [7, 11) is 0. The van der Waals surface area contributed by atoms with Crippen LogP contribution in [0.4, 0.5) is 0 Å². The molecule has 0 aromatic carbocycles. The lowest BCUT2D eigenvalue weighted by molar-refractivity contribution is -0.124. The quantitative estimate of drug-likeness (QED) is 0.487. The molecule has 1 aromatic heterocycles. The number of amides is 1. The van der Waals surface area contributed by atoms with Gasteiger partial charge in [-0.25, -0.2) is 4.98 Å². The highest BCUT2D eigenvalue weighted by atomic mass is 16.3. The van der Waals surface area contributed by atoms with E-state index < -0.39 is 12.2 Å². The van der Waals surface area contributed by atoms with Gasteiger partial charge in [-0.2, -0.15) is 0 Å². The Bertz CT molecular complexity index is 596. The molecule has 0 radical (unpaired) electrons. The van der Waals surface area contributed by atoms with E-state index in [0.717, 1.165) is 44.2 Å². The SMILES string of the molecule is Nn1cnc(CCC(=O)N[C@@H](CC2CCCCC2)[C@@H](O)[C@@H](O)C2CCC2)c1. The minimum absolute atomic E-state index is 0.109. The molecule has 0 saturated heterocycles. The fourth-order valence-electron chi connectivity index (χ4n) is 4.39. The van der Waals surface area contributed by atoms with Gasteiger partial charge in [0.05, 0.1) is 17.8 Å². The van der Waals surface area contributed by atoms with Crippen LogP contribution in [0.5, 0.6) is 0 Å². The molecule has 3 rings (SSSR count). The molecule has 2 saturated carbocycles. The second-order valence-electron chi connectivity index (χ2n) is 8.40. The Labute approximate surface area is 161 Å². The Morgan fingerprint density at radius 1 is 1.22 bits per heavy atom. The number of rotatable bonds is 9. The lowest BCUT2D eigenvalue weighted by Gasteiger charge is -2.38. The maximum atomic E-state index is 12.5. The predicted molar refractivity (Wildman–Crippen MR) is 103 cm³/mol. The summed E-state index contributed by atoms with van der Waals surface area (Å²) in [5.74, 6) is 6.15. The van der Waals surface area contributed by atoms with Crippen molar-refractivity contribution in [3.05, 3.63) is 18.2 Å². The summed E-state index contributed by atoms with van der Waals surface area (Å²) in [4.78, 5) is 16.6. The first kappa shape index (κ1) is 20.1. The molecule has 2 fully saturated rings. The van der Waals surface area contributed by atoms with Crippen LogP contribution in [0, 0.1) is 11.8 Å². The van der Waals surface area contributed by atoms with Gasteiger partial charge in [-0.15, -0.1) is 0 Å². The number of aryl methyl sites for hydroxylation is 1. The predicted octanol–water partition coefficient (Wildman–Crippen LogP) is 1.51. The van der Waals surface area contributed by atoms with Crippen molar-refractivity contribution in [2.24, 2.45) is 11.8 Å². The number of aliphatic hydroxyl groups is 2. The summed E-state index contributed by atoms with van der Waals surface area (Å²) < 4.78 is 1.37. The first-order valence-electron chi connectivity index (χ1n) is 10.5. The van der Waals surface area contributed by atoms with Gasteiger partial charge in [0, 0.05) is 19.0 Å². The number of nitrogens with zero attached hydrogens (tertiary/aromatic N) is 2. The topological polar surface area (TPSA) is 113 Å². The van der Waals surface area contributed by atoms with E-state index in [1.807, 2.05) is 0 Å². The van der Waals surface area contributed by atoms with Gasteiger partial charge in [0.2, 0.25) is 5.91 Å². The maximum absolute atomic E-state index is 12.5. The second kappa shape index (κ2) is 9.55. The molecule has 0 spiro atoms. The number of carbonyl (C=O) groups excluding carboxylic acids is 1. The van der Waals surface area contributed by atoms with Crippen LogP contribution in [0.3, 0.4) is 0 Å². The lowest BCUT2D eigenvalue weighted by Crippen LogP contribution is -2.52.